The van der Waals surface area contributed by atoms with Gasteiger partial charge >= 0.3 is 0 Å². The molecule has 0 aliphatic heterocycles. The number of benzene rings is 2. The zero-order valence-electron chi connectivity index (χ0n) is 10.4. The predicted molar refractivity (Wildman–Crippen MR) is 77.3 cm³/mol. The van der Waals surface area contributed by atoms with E-state index in [9.17, 15) is 0 Å². The summed E-state index contributed by atoms with van der Waals surface area (Å²) in [5.41, 5.74) is 15.5. The van der Waals surface area contributed by atoms with Gasteiger partial charge in [0.1, 0.15) is 0 Å². The molecule has 0 atom stereocenters. The fraction of sp³-hybridized carbons (Fsp3) is 0.0667. The topological polar surface area (TPSA) is 77.8 Å². The predicted octanol–water partition coefficient (Wildman–Crippen LogP) is 2.34. The van der Waals surface area contributed by atoms with Gasteiger partial charge in [-0.15, -0.1) is 0 Å². The Morgan fingerprint density at radius 1 is 1.00 bits per heavy atom. The van der Waals surface area contributed by atoms with Crippen molar-refractivity contribution < 1.29 is 0 Å². The molecule has 0 aliphatic carbocycles. The summed E-state index contributed by atoms with van der Waals surface area (Å²) >= 11 is 0. The van der Waals surface area contributed by atoms with Gasteiger partial charge in [-0.2, -0.15) is 0 Å². The first-order chi connectivity index (χ1) is 9.26. The molecule has 2 aromatic carbocycles. The lowest BCUT2D eigenvalue weighted by atomic mass is 10.0. The van der Waals surface area contributed by atoms with Crippen LogP contribution in [-0.2, 0) is 6.54 Å². The maximum absolute atomic E-state index is 5.67. The molecular weight excluding hydrogens is 236 g/mol. The van der Waals surface area contributed by atoms with E-state index in [1.54, 1.807) is 6.20 Å². The Kier molecular flexibility index (Phi) is 2.85. The molecule has 0 saturated carbocycles. The first kappa shape index (κ1) is 11.6. The molecule has 0 amide bonds. The van der Waals surface area contributed by atoms with Crippen LogP contribution in [0.25, 0.3) is 22.0 Å². The van der Waals surface area contributed by atoms with Gasteiger partial charge < -0.3 is 11.5 Å². The molecule has 0 bridgehead atoms. The quantitative estimate of drug-likeness (QED) is 0.731. The number of hydrogen-bond acceptors (Lipinski definition) is 4. The molecule has 3 aromatic rings. The van der Waals surface area contributed by atoms with Gasteiger partial charge in [-0.3, -0.25) is 0 Å². The molecule has 3 rings (SSSR count). The molecule has 1 aromatic heterocycles. The molecule has 4 heteroatoms. The van der Waals surface area contributed by atoms with E-state index < -0.39 is 0 Å². The smallest absolute Gasteiger partial charge is 0.220 e. The average Bonchev–Trinajstić information content (AvgIpc) is 2.46. The molecule has 0 radical (unpaired) electrons. The molecule has 94 valence electrons. The van der Waals surface area contributed by atoms with Crippen LogP contribution in [0, 0.1) is 0 Å². The summed E-state index contributed by atoms with van der Waals surface area (Å²) in [5.74, 6) is 0.297. The summed E-state index contributed by atoms with van der Waals surface area (Å²) in [6.45, 7) is 0.543. The van der Waals surface area contributed by atoms with Gasteiger partial charge in [0.25, 0.3) is 0 Å². The van der Waals surface area contributed by atoms with Crippen LogP contribution in [0.1, 0.15) is 5.56 Å². The van der Waals surface area contributed by atoms with Crippen molar-refractivity contribution in [1.29, 1.82) is 0 Å². The lowest BCUT2D eigenvalue weighted by Gasteiger charge is -2.05. The van der Waals surface area contributed by atoms with Crippen LogP contribution in [0.4, 0.5) is 5.95 Å². The molecule has 19 heavy (non-hydrogen) atoms. The number of hydrogen-bond donors (Lipinski definition) is 2. The monoisotopic (exact) mass is 250 g/mol. The molecule has 0 aliphatic rings. The minimum Gasteiger partial charge on any atom is -0.368 e. The van der Waals surface area contributed by atoms with Crippen LogP contribution in [0.3, 0.4) is 0 Å². The van der Waals surface area contributed by atoms with Crippen LogP contribution in [0.2, 0.25) is 0 Å². The van der Waals surface area contributed by atoms with E-state index in [2.05, 4.69) is 28.2 Å². The first-order valence-electron chi connectivity index (χ1n) is 6.08. The zero-order valence-corrected chi connectivity index (χ0v) is 10.4. The van der Waals surface area contributed by atoms with Gasteiger partial charge in [-0.1, -0.05) is 24.3 Å². The fourth-order valence-electron chi connectivity index (χ4n) is 2.11. The summed E-state index contributed by atoms with van der Waals surface area (Å²) in [6, 6.07) is 14.3. The second-order valence-corrected chi connectivity index (χ2v) is 4.41. The number of nitrogen functional groups attached to an aromatic ring is 1. The third-order valence-electron chi connectivity index (χ3n) is 3.09. The number of aromatic nitrogens is 2. The first-order valence-corrected chi connectivity index (χ1v) is 6.08. The Hall–Kier alpha value is -2.46. The van der Waals surface area contributed by atoms with E-state index in [-0.39, 0.29) is 0 Å². The minimum absolute atomic E-state index is 0.297. The standard InChI is InChI=1S/C15H14N4/c16-8-10-2-1-3-11(6-10)12-4-5-14-13(7-12)9-18-15(17)19-14/h1-7,9H,8,16H2,(H2,17,18,19). The molecule has 4 N–H and O–H groups in total. The Morgan fingerprint density at radius 3 is 2.68 bits per heavy atom. The SMILES string of the molecule is NCc1cccc(-c2ccc3nc(N)ncc3c2)c1. The van der Waals surface area contributed by atoms with Crippen molar-refractivity contribution in [2.24, 2.45) is 5.73 Å². The maximum Gasteiger partial charge on any atom is 0.220 e. The van der Waals surface area contributed by atoms with E-state index in [4.69, 9.17) is 11.5 Å². The zero-order chi connectivity index (χ0) is 13.2. The molecule has 0 unspecified atom stereocenters. The van der Waals surface area contributed by atoms with E-state index in [1.165, 1.54) is 0 Å². The Morgan fingerprint density at radius 2 is 1.84 bits per heavy atom. The lowest BCUT2D eigenvalue weighted by Crippen LogP contribution is -1.96. The highest BCUT2D eigenvalue weighted by molar-refractivity contribution is 5.84. The third kappa shape index (κ3) is 2.26. The Balaban J connectivity index is 2.12. The Bertz CT molecular complexity index is 737. The minimum atomic E-state index is 0.297. The van der Waals surface area contributed by atoms with Gasteiger partial charge in [-0.05, 0) is 34.9 Å². The van der Waals surface area contributed by atoms with Gasteiger partial charge in [0.05, 0.1) is 5.52 Å². The third-order valence-corrected chi connectivity index (χ3v) is 3.09. The molecule has 0 fully saturated rings. The summed E-state index contributed by atoms with van der Waals surface area (Å²) in [5, 5.41) is 0.977. The van der Waals surface area contributed by atoms with Crippen molar-refractivity contribution in [2.75, 3.05) is 5.73 Å². The summed E-state index contributed by atoms with van der Waals surface area (Å²) in [6.07, 6.45) is 1.74. The number of nitrogens with zero attached hydrogens (tertiary/aromatic N) is 2. The molecule has 4 nitrogen and oxygen atoms in total. The van der Waals surface area contributed by atoms with Gasteiger partial charge in [0, 0.05) is 18.1 Å². The summed E-state index contributed by atoms with van der Waals surface area (Å²) in [4.78, 5) is 8.21. The van der Waals surface area contributed by atoms with E-state index in [0.29, 0.717) is 12.5 Å². The van der Waals surface area contributed by atoms with Crippen molar-refractivity contribution in [3.63, 3.8) is 0 Å². The Labute approximate surface area is 111 Å². The number of rotatable bonds is 2. The summed E-state index contributed by atoms with van der Waals surface area (Å²) in [7, 11) is 0. The second-order valence-electron chi connectivity index (χ2n) is 4.41. The van der Waals surface area contributed by atoms with Crippen LogP contribution >= 0.6 is 0 Å². The van der Waals surface area contributed by atoms with Crippen molar-refractivity contribution in [2.45, 2.75) is 6.54 Å². The van der Waals surface area contributed by atoms with Crippen LogP contribution in [0.15, 0.2) is 48.7 Å². The average molecular weight is 250 g/mol. The second kappa shape index (κ2) is 4.66. The normalized spacial score (nSPS) is 10.8. The number of anilines is 1. The highest BCUT2D eigenvalue weighted by Gasteiger charge is 2.02. The molecule has 0 spiro atoms. The number of fused-ring (bicyclic) bond motifs is 1. The highest BCUT2D eigenvalue weighted by atomic mass is 15.0. The van der Waals surface area contributed by atoms with Crippen LogP contribution in [0.5, 0.6) is 0 Å². The van der Waals surface area contributed by atoms with Gasteiger partial charge in [0.2, 0.25) is 5.95 Å². The van der Waals surface area contributed by atoms with Crippen LogP contribution < -0.4 is 11.5 Å². The van der Waals surface area contributed by atoms with E-state index >= 15 is 0 Å². The van der Waals surface area contributed by atoms with Gasteiger partial charge in [0.15, 0.2) is 0 Å². The van der Waals surface area contributed by atoms with Crippen molar-refractivity contribution in [1.82, 2.24) is 9.97 Å². The molecule has 0 saturated heterocycles. The van der Waals surface area contributed by atoms with Crippen LogP contribution in [-0.4, -0.2) is 9.97 Å². The highest BCUT2D eigenvalue weighted by Crippen LogP contribution is 2.24. The fourth-order valence-corrected chi connectivity index (χ4v) is 2.11. The van der Waals surface area contributed by atoms with Crippen molar-refractivity contribution in [3.8, 4) is 11.1 Å². The van der Waals surface area contributed by atoms with Crippen molar-refractivity contribution >= 4 is 16.9 Å². The molecular formula is C15H14N4. The lowest BCUT2D eigenvalue weighted by molar-refractivity contribution is 1.07. The summed E-state index contributed by atoms with van der Waals surface area (Å²) < 4.78 is 0. The molecule has 1 heterocycles. The van der Waals surface area contributed by atoms with Gasteiger partial charge in [-0.25, -0.2) is 9.97 Å². The maximum atomic E-state index is 5.67. The number of nitrogens with two attached hydrogens (primary N) is 2. The van der Waals surface area contributed by atoms with E-state index in [1.807, 2.05) is 24.3 Å². The van der Waals surface area contributed by atoms with E-state index in [0.717, 1.165) is 27.6 Å². The van der Waals surface area contributed by atoms with Crippen molar-refractivity contribution in [3.05, 3.63) is 54.2 Å². The largest absolute Gasteiger partial charge is 0.368 e.